The Morgan fingerprint density at radius 3 is 2.33 bits per heavy atom. The highest BCUT2D eigenvalue weighted by Gasteiger charge is 2.33. The molecule has 0 aromatic heterocycles. The second-order valence-corrected chi connectivity index (χ2v) is 6.77. The lowest BCUT2D eigenvalue weighted by Gasteiger charge is -2.25. The number of hydrogen-bond donors (Lipinski definition) is 2. The van der Waals surface area contributed by atoms with Gasteiger partial charge in [-0.15, -0.1) is 0 Å². The predicted molar refractivity (Wildman–Crippen MR) is 71.0 cm³/mol. The molecule has 0 radical (unpaired) electrons. The Labute approximate surface area is 108 Å². The van der Waals surface area contributed by atoms with Gasteiger partial charge in [0.1, 0.15) is 0 Å². The second-order valence-electron chi connectivity index (χ2n) is 5.03. The number of sulfonamides is 1. The van der Waals surface area contributed by atoms with Gasteiger partial charge in [0.25, 0.3) is 0 Å². The van der Waals surface area contributed by atoms with Gasteiger partial charge in [-0.3, -0.25) is 4.79 Å². The van der Waals surface area contributed by atoms with Crippen LogP contribution in [-0.4, -0.2) is 19.9 Å². The van der Waals surface area contributed by atoms with Gasteiger partial charge in [0.2, 0.25) is 15.9 Å². The third kappa shape index (κ3) is 3.68. The lowest BCUT2D eigenvalue weighted by atomic mass is 10.0. The van der Waals surface area contributed by atoms with E-state index in [0.717, 1.165) is 25.7 Å². The molecule has 1 aliphatic rings. The van der Waals surface area contributed by atoms with E-state index in [-0.39, 0.29) is 10.5 Å². The lowest BCUT2D eigenvalue weighted by molar-refractivity contribution is -0.114. The van der Waals surface area contributed by atoms with E-state index in [4.69, 9.17) is 5.73 Å². The monoisotopic (exact) mass is 272 g/mol. The molecule has 0 saturated heterocycles. The van der Waals surface area contributed by atoms with Crippen molar-refractivity contribution in [1.82, 2.24) is 4.72 Å². The van der Waals surface area contributed by atoms with Gasteiger partial charge in [0.05, 0.1) is 4.91 Å². The lowest BCUT2D eigenvalue weighted by Crippen LogP contribution is -2.43. The molecular formula is C12H20N2O3S. The van der Waals surface area contributed by atoms with Crippen LogP contribution < -0.4 is 10.5 Å². The summed E-state index contributed by atoms with van der Waals surface area (Å²) in [7, 11) is -3.66. The van der Waals surface area contributed by atoms with E-state index < -0.39 is 21.5 Å². The van der Waals surface area contributed by atoms with Crippen LogP contribution in [-0.2, 0) is 14.8 Å². The summed E-state index contributed by atoms with van der Waals surface area (Å²) in [6.07, 6.45) is 4.86. The molecule has 1 fully saturated rings. The molecule has 0 aromatic carbocycles. The molecule has 0 aromatic rings. The molecular weight excluding hydrogens is 252 g/mol. The minimum atomic E-state index is -3.66. The summed E-state index contributed by atoms with van der Waals surface area (Å²) in [4.78, 5) is 10.7. The van der Waals surface area contributed by atoms with Crippen LogP contribution in [0.2, 0.25) is 0 Å². The van der Waals surface area contributed by atoms with Crippen molar-refractivity contribution in [2.24, 2.45) is 5.73 Å². The predicted octanol–water partition coefficient (Wildman–Crippen LogP) is 1.18. The molecule has 0 heterocycles. The van der Waals surface area contributed by atoms with Crippen molar-refractivity contribution in [2.45, 2.75) is 45.1 Å². The summed E-state index contributed by atoms with van der Waals surface area (Å²) in [5, 5.41) is 0. The molecule has 0 bridgehead atoms. The zero-order valence-electron chi connectivity index (χ0n) is 10.8. The number of carbonyl (C=O) groups is 1. The topological polar surface area (TPSA) is 89.3 Å². The number of amides is 1. The largest absolute Gasteiger partial charge is 0.366 e. The zero-order valence-corrected chi connectivity index (χ0v) is 11.6. The second kappa shape index (κ2) is 5.24. The first kappa shape index (κ1) is 14.9. The maximum absolute atomic E-state index is 12.0. The Kier molecular flexibility index (Phi) is 4.34. The first-order valence-electron chi connectivity index (χ1n) is 5.87. The average molecular weight is 272 g/mol. The third-order valence-electron chi connectivity index (χ3n) is 3.20. The summed E-state index contributed by atoms with van der Waals surface area (Å²) in [6.45, 7) is 6.83. The number of rotatable bonds is 5. The summed E-state index contributed by atoms with van der Waals surface area (Å²) in [5.74, 6) is -0.654. The summed E-state index contributed by atoms with van der Waals surface area (Å²) < 4.78 is 26.7. The highest BCUT2D eigenvalue weighted by molar-refractivity contribution is 7.93. The molecule has 1 aliphatic carbocycles. The van der Waals surface area contributed by atoms with Gasteiger partial charge in [-0.25, -0.2) is 13.1 Å². The standard InChI is InChI=1S/C12H20N2O3S/c1-9(11(13)15)8-10(2)18(16,17)14-12(3)6-4-5-7-12/h8,14H,2,4-7H2,1,3H3,(H2,13,15)/b9-8+. The molecule has 3 N–H and O–H groups in total. The molecule has 102 valence electrons. The van der Waals surface area contributed by atoms with Crippen molar-refractivity contribution in [2.75, 3.05) is 0 Å². The van der Waals surface area contributed by atoms with Crippen molar-refractivity contribution < 1.29 is 13.2 Å². The molecule has 0 unspecified atom stereocenters. The number of allylic oxidation sites excluding steroid dienone is 1. The molecule has 6 heteroatoms. The van der Waals surface area contributed by atoms with Crippen molar-refractivity contribution in [3.8, 4) is 0 Å². The average Bonchev–Trinajstić information content (AvgIpc) is 2.63. The van der Waals surface area contributed by atoms with E-state index in [9.17, 15) is 13.2 Å². The fourth-order valence-electron chi connectivity index (χ4n) is 2.04. The maximum Gasteiger partial charge on any atom is 0.244 e. The number of nitrogens with one attached hydrogen (secondary N) is 1. The zero-order chi connectivity index (χ0) is 14.0. The SMILES string of the molecule is C=C(/C=C(\C)C(N)=O)S(=O)(=O)NC1(C)CCCC1. The minimum absolute atomic E-state index is 0.132. The number of primary amides is 1. The van der Waals surface area contributed by atoms with Gasteiger partial charge < -0.3 is 5.73 Å². The highest BCUT2D eigenvalue weighted by atomic mass is 32.2. The first-order valence-corrected chi connectivity index (χ1v) is 7.36. The molecule has 0 spiro atoms. The fraction of sp³-hybridized carbons (Fsp3) is 0.583. The minimum Gasteiger partial charge on any atom is -0.366 e. The van der Waals surface area contributed by atoms with Gasteiger partial charge in [-0.2, -0.15) is 0 Å². The van der Waals surface area contributed by atoms with Crippen LogP contribution in [0.3, 0.4) is 0 Å². The summed E-state index contributed by atoms with van der Waals surface area (Å²) in [5.41, 5.74) is 4.82. The van der Waals surface area contributed by atoms with Crippen LogP contribution in [0.5, 0.6) is 0 Å². The first-order chi connectivity index (χ1) is 8.16. The van der Waals surface area contributed by atoms with E-state index in [1.54, 1.807) is 0 Å². The Bertz CT molecular complexity index is 485. The van der Waals surface area contributed by atoms with Crippen LogP contribution in [0.15, 0.2) is 23.1 Å². The normalized spacial score (nSPS) is 19.8. The summed E-state index contributed by atoms with van der Waals surface area (Å²) >= 11 is 0. The van der Waals surface area contributed by atoms with E-state index in [0.29, 0.717) is 0 Å². The maximum atomic E-state index is 12.0. The van der Waals surface area contributed by atoms with Gasteiger partial charge in [-0.1, -0.05) is 19.4 Å². The van der Waals surface area contributed by atoms with Crippen molar-refractivity contribution in [3.63, 3.8) is 0 Å². The van der Waals surface area contributed by atoms with Crippen LogP contribution in [0.4, 0.5) is 0 Å². The van der Waals surface area contributed by atoms with Gasteiger partial charge in [-0.05, 0) is 32.8 Å². The summed E-state index contributed by atoms with van der Waals surface area (Å²) in [6, 6.07) is 0. The quantitative estimate of drug-likeness (QED) is 0.582. The molecule has 1 rings (SSSR count). The van der Waals surface area contributed by atoms with Crippen LogP contribution >= 0.6 is 0 Å². The molecule has 0 atom stereocenters. The third-order valence-corrected chi connectivity index (χ3v) is 4.77. The Balaban J connectivity index is 2.84. The van der Waals surface area contributed by atoms with Crippen LogP contribution in [0.1, 0.15) is 39.5 Å². The smallest absolute Gasteiger partial charge is 0.244 e. The number of nitrogens with two attached hydrogens (primary N) is 1. The fourth-order valence-corrected chi connectivity index (χ4v) is 3.35. The van der Waals surface area contributed by atoms with Crippen LogP contribution in [0, 0.1) is 0 Å². The van der Waals surface area contributed by atoms with Crippen molar-refractivity contribution in [1.29, 1.82) is 0 Å². The van der Waals surface area contributed by atoms with Gasteiger partial charge in [0.15, 0.2) is 0 Å². The molecule has 5 nitrogen and oxygen atoms in total. The Morgan fingerprint density at radius 1 is 1.39 bits per heavy atom. The Morgan fingerprint density at radius 2 is 1.89 bits per heavy atom. The van der Waals surface area contributed by atoms with Crippen molar-refractivity contribution >= 4 is 15.9 Å². The molecule has 0 aliphatic heterocycles. The molecule has 18 heavy (non-hydrogen) atoms. The van der Waals surface area contributed by atoms with Crippen LogP contribution in [0.25, 0.3) is 0 Å². The number of hydrogen-bond acceptors (Lipinski definition) is 3. The van der Waals surface area contributed by atoms with E-state index in [1.807, 2.05) is 6.92 Å². The molecule has 1 saturated carbocycles. The van der Waals surface area contributed by atoms with E-state index >= 15 is 0 Å². The van der Waals surface area contributed by atoms with E-state index in [1.165, 1.54) is 13.0 Å². The highest BCUT2D eigenvalue weighted by Crippen LogP contribution is 2.30. The Hall–Kier alpha value is -1.14. The van der Waals surface area contributed by atoms with Gasteiger partial charge in [0, 0.05) is 11.1 Å². The van der Waals surface area contributed by atoms with E-state index in [2.05, 4.69) is 11.3 Å². The molecule has 1 amide bonds. The van der Waals surface area contributed by atoms with Gasteiger partial charge >= 0.3 is 0 Å². The van der Waals surface area contributed by atoms with Crippen molar-refractivity contribution in [3.05, 3.63) is 23.1 Å². The number of carbonyl (C=O) groups excluding carboxylic acids is 1.